The number of aromatic nitrogens is 4. The molecule has 0 unspecified atom stereocenters. The molecule has 0 atom stereocenters. The zero-order chi connectivity index (χ0) is 12.6. The van der Waals surface area contributed by atoms with Gasteiger partial charge in [0.25, 0.3) is 5.56 Å². The average Bonchev–Trinajstić information content (AvgIpc) is 2.63. The smallest absolute Gasteiger partial charge is 0.339 e. The summed E-state index contributed by atoms with van der Waals surface area (Å²) in [6, 6.07) is 0. The Morgan fingerprint density at radius 2 is 2.06 bits per heavy atom. The van der Waals surface area contributed by atoms with Crippen molar-refractivity contribution in [2.45, 2.75) is 19.1 Å². The second kappa shape index (κ2) is 3.75. The summed E-state index contributed by atoms with van der Waals surface area (Å²) in [5.41, 5.74) is -1.71. The summed E-state index contributed by atoms with van der Waals surface area (Å²) < 4.78 is 36.5. The fraction of sp³-hybridized carbons (Fsp3) is 0.375. The van der Waals surface area contributed by atoms with Crippen molar-refractivity contribution in [2.24, 2.45) is 0 Å². The monoisotopic (exact) mass is 248 g/mol. The molecule has 2 N–H and O–H groups in total. The lowest BCUT2D eigenvalue weighted by Crippen LogP contribution is -2.36. The highest BCUT2D eigenvalue weighted by atomic mass is 19.4. The number of halogens is 3. The van der Waals surface area contributed by atoms with Crippen molar-refractivity contribution in [1.82, 2.24) is 19.5 Å². The van der Waals surface area contributed by atoms with Gasteiger partial charge in [0.2, 0.25) is 0 Å². The van der Waals surface area contributed by atoms with E-state index in [0.29, 0.717) is 4.57 Å². The Bertz CT molecular complexity index is 651. The van der Waals surface area contributed by atoms with Crippen LogP contribution in [0.3, 0.4) is 0 Å². The minimum absolute atomic E-state index is 0.0215. The van der Waals surface area contributed by atoms with Gasteiger partial charge in [-0.2, -0.15) is 13.2 Å². The molecule has 2 rings (SSSR count). The largest absolute Gasteiger partial charge is 0.390 e. The third-order valence-electron chi connectivity index (χ3n) is 2.19. The minimum atomic E-state index is -4.42. The van der Waals surface area contributed by atoms with E-state index in [2.05, 4.69) is 15.0 Å². The second-order valence-electron chi connectivity index (χ2n) is 3.38. The number of aromatic amines is 2. The Morgan fingerprint density at radius 1 is 1.35 bits per heavy atom. The van der Waals surface area contributed by atoms with Crippen LogP contribution in [-0.2, 0) is 6.54 Å². The molecule has 9 heteroatoms. The fourth-order valence-corrected chi connectivity index (χ4v) is 1.39. The Morgan fingerprint density at radius 3 is 2.71 bits per heavy atom. The van der Waals surface area contributed by atoms with Crippen LogP contribution in [-0.4, -0.2) is 25.7 Å². The van der Waals surface area contributed by atoms with Gasteiger partial charge in [0, 0.05) is 6.54 Å². The van der Waals surface area contributed by atoms with Crippen LogP contribution in [0, 0.1) is 0 Å². The number of H-pyrrole nitrogens is 2. The van der Waals surface area contributed by atoms with Gasteiger partial charge in [-0.25, -0.2) is 9.78 Å². The van der Waals surface area contributed by atoms with Crippen LogP contribution >= 0.6 is 0 Å². The first kappa shape index (κ1) is 11.4. The number of hydrogen-bond acceptors (Lipinski definition) is 3. The average molecular weight is 248 g/mol. The number of imidazole rings is 1. The molecule has 2 aromatic rings. The molecule has 0 aliphatic rings. The van der Waals surface area contributed by atoms with Gasteiger partial charge in [-0.05, 0) is 0 Å². The van der Waals surface area contributed by atoms with Gasteiger partial charge >= 0.3 is 11.9 Å². The molecule has 0 amide bonds. The molecule has 0 aromatic carbocycles. The summed E-state index contributed by atoms with van der Waals surface area (Å²) in [4.78, 5) is 31.3. The SMILES string of the molecule is O=c1[nH]c2nc[nH]c2c(=O)n1CCC(F)(F)F. The van der Waals surface area contributed by atoms with Crippen LogP contribution < -0.4 is 11.2 Å². The first-order valence-corrected chi connectivity index (χ1v) is 4.61. The molecular weight excluding hydrogens is 241 g/mol. The van der Waals surface area contributed by atoms with Crippen molar-refractivity contribution in [2.75, 3.05) is 0 Å². The van der Waals surface area contributed by atoms with Gasteiger partial charge in [0.05, 0.1) is 12.7 Å². The zero-order valence-electron chi connectivity index (χ0n) is 8.34. The van der Waals surface area contributed by atoms with Gasteiger partial charge in [0.15, 0.2) is 5.65 Å². The number of nitrogens with one attached hydrogen (secondary N) is 2. The number of hydrogen-bond donors (Lipinski definition) is 2. The van der Waals surface area contributed by atoms with Crippen molar-refractivity contribution in [3.05, 3.63) is 27.2 Å². The molecule has 0 aliphatic carbocycles. The third-order valence-corrected chi connectivity index (χ3v) is 2.19. The fourth-order valence-electron chi connectivity index (χ4n) is 1.39. The number of alkyl halides is 3. The molecule has 0 spiro atoms. The molecule has 0 bridgehead atoms. The van der Waals surface area contributed by atoms with Crippen molar-refractivity contribution in [1.29, 1.82) is 0 Å². The number of nitrogens with zero attached hydrogens (tertiary/aromatic N) is 2. The minimum Gasteiger partial charge on any atom is -0.339 e. The number of fused-ring (bicyclic) bond motifs is 1. The van der Waals surface area contributed by atoms with Crippen LogP contribution in [0.5, 0.6) is 0 Å². The highest BCUT2D eigenvalue weighted by molar-refractivity contribution is 5.67. The Hall–Kier alpha value is -2.06. The molecule has 0 saturated heterocycles. The Balaban J connectivity index is 2.47. The van der Waals surface area contributed by atoms with Crippen LogP contribution in [0.4, 0.5) is 13.2 Å². The summed E-state index contributed by atoms with van der Waals surface area (Å²) >= 11 is 0. The van der Waals surface area contributed by atoms with Crippen molar-refractivity contribution in [3.8, 4) is 0 Å². The summed E-state index contributed by atoms with van der Waals surface area (Å²) in [5, 5.41) is 0. The molecule has 2 aromatic heterocycles. The maximum absolute atomic E-state index is 12.0. The predicted molar refractivity (Wildman–Crippen MR) is 51.6 cm³/mol. The van der Waals surface area contributed by atoms with E-state index in [-0.39, 0.29) is 11.2 Å². The van der Waals surface area contributed by atoms with Gasteiger partial charge in [-0.1, -0.05) is 0 Å². The van der Waals surface area contributed by atoms with Crippen LogP contribution in [0.15, 0.2) is 15.9 Å². The molecular formula is C8H7F3N4O2. The lowest BCUT2D eigenvalue weighted by Gasteiger charge is -2.07. The van der Waals surface area contributed by atoms with E-state index < -0.39 is 30.4 Å². The van der Waals surface area contributed by atoms with E-state index in [1.165, 1.54) is 6.33 Å². The van der Waals surface area contributed by atoms with E-state index in [0.717, 1.165) is 0 Å². The van der Waals surface area contributed by atoms with Crippen LogP contribution in [0.1, 0.15) is 6.42 Å². The van der Waals surface area contributed by atoms with E-state index >= 15 is 0 Å². The predicted octanol–water partition coefficient (Wildman–Crippen LogP) is 0.365. The normalized spacial score (nSPS) is 12.2. The van der Waals surface area contributed by atoms with Gasteiger partial charge in [0.1, 0.15) is 5.52 Å². The van der Waals surface area contributed by atoms with Crippen molar-refractivity contribution < 1.29 is 13.2 Å². The first-order chi connectivity index (χ1) is 7.88. The van der Waals surface area contributed by atoms with Gasteiger partial charge in [-0.15, -0.1) is 0 Å². The van der Waals surface area contributed by atoms with Crippen LogP contribution in [0.2, 0.25) is 0 Å². The van der Waals surface area contributed by atoms with E-state index in [1.807, 2.05) is 0 Å². The highest BCUT2D eigenvalue weighted by Crippen LogP contribution is 2.19. The first-order valence-electron chi connectivity index (χ1n) is 4.61. The van der Waals surface area contributed by atoms with Crippen molar-refractivity contribution in [3.63, 3.8) is 0 Å². The summed E-state index contributed by atoms with van der Waals surface area (Å²) in [7, 11) is 0. The second-order valence-corrected chi connectivity index (χ2v) is 3.38. The molecule has 0 aliphatic heterocycles. The van der Waals surface area contributed by atoms with Gasteiger partial charge < -0.3 is 4.98 Å². The summed E-state index contributed by atoms with van der Waals surface area (Å²) in [6.45, 7) is -0.716. The quantitative estimate of drug-likeness (QED) is 0.805. The highest BCUT2D eigenvalue weighted by Gasteiger charge is 2.27. The maximum Gasteiger partial charge on any atom is 0.390 e. The van der Waals surface area contributed by atoms with E-state index in [9.17, 15) is 22.8 Å². The lowest BCUT2D eigenvalue weighted by molar-refractivity contribution is -0.137. The van der Waals surface area contributed by atoms with E-state index in [4.69, 9.17) is 0 Å². The lowest BCUT2D eigenvalue weighted by atomic mass is 10.4. The Labute approximate surface area is 91.1 Å². The number of rotatable bonds is 2. The van der Waals surface area contributed by atoms with Crippen molar-refractivity contribution >= 4 is 11.2 Å². The topological polar surface area (TPSA) is 83.5 Å². The van der Waals surface area contributed by atoms with E-state index in [1.54, 1.807) is 0 Å². The van der Waals surface area contributed by atoms with Gasteiger partial charge in [-0.3, -0.25) is 14.3 Å². The molecule has 2 heterocycles. The summed E-state index contributed by atoms with van der Waals surface area (Å²) in [5.74, 6) is 0. The third kappa shape index (κ3) is 2.22. The molecule has 0 fully saturated rings. The Kier molecular flexibility index (Phi) is 2.52. The molecule has 92 valence electrons. The maximum atomic E-state index is 12.0. The molecule has 6 nitrogen and oxygen atoms in total. The molecule has 0 radical (unpaired) electrons. The van der Waals surface area contributed by atoms with Crippen LogP contribution in [0.25, 0.3) is 11.2 Å². The summed E-state index contributed by atoms with van der Waals surface area (Å²) in [6.07, 6.45) is -4.49. The standard InChI is InChI=1S/C8H7F3N4O2/c9-8(10,11)1-2-15-6(16)4-5(13-3-12-4)14-7(15)17/h3H,1-2H2,(H,12,13)(H,14,17). The zero-order valence-corrected chi connectivity index (χ0v) is 8.34. The molecule has 0 saturated carbocycles. The molecule has 17 heavy (non-hydrogen) atoms.